The van der Waals surface area contributed by atoms with E-state index in [-0.39, 0.29) is 17.0 Å². The summed E-state index contributed by atoms with van der Waals surface area (Å²) >= 11 is 21.0. The molecule has 1 heterocycles. The number of para-hydroxylation sites is 2. The number of fused-ring (bicyclic) bond motifs is 1. The minimum Gasteiger partial charge on any atom is -0.492 e. The fourth-order valence-corrected chi connectivity index (χ4v) is 10.9. The van der Waals surface area contributed by atoms with Gasteiger partial charge in [-0.1, -0.05) is 121 Å². The maximum atomic E-state index is 12.9. The average Bonchev–Trinajstić information content (AvgIpc) is 3.55. The van der Waals surface area contributed by atoms with Crippen molar-refractivity contribution in [2.75, 3.05) is 50.0 Å². The lowest BCUT2D eigenvalue weighted by Crippen LogP contribution is -2.28. The maximum Gasteiger partial charge on any atom is 0.303 e. The minimum absolute atomic E-state index is 0.181. The highest BCUT2D eigenvalue weighted by Crippen LogP contribution is 2.41. The molecule has 2 aliphatic rings. The number of rotatable bonds is 29. The normalized spacial score (nSPS) is 15.3. The molecule has 0 radical (unpaired) electrons. The maximum absolute atomic E-state index is 12.9. The van der Waals surface area contributed by atoms with E-state index in [2.05, 4.69) is 121 Å². The summed E-state index contributed by atoms with van der Waals surface area (Å²) in [6.45, 7) is 13.5. The van der Waals surface area contributed by atoms with E-state index < -0.39 is 5.97 Å². The summed E-state index contributed by atoms with van der Waals surface area (Å²) in [4.78, 5) is 28.7. The first-order valence-electron chi connectivity index (χ1n) is 25.1. The van der Waals surface area contributed by atoms with E-state index in [1.165, 1.54) is 45.7 Å². The Morgan fingerprint density at radius 2 is 1.64 bits per heavy atom. The van der Waals surface area contributed by atoms with Crippen LogP contribution in [0.25, 0.3) is 0 Å². The number of aliphatic carboxylic acids is 1. The van der Waals surface area contributed by atoms with Crippen molar-refractivity contribution < 1.29 is 24.0 Å². The molecule has 1 aliphatic carbocycles. The molecule has 0 saturated heterocycles. The molecule has 7 nitrogen and oxygen atoms in total. The van der Waals surface area contributed by atoms with Gasteiger partial charge in [-0.3, -0.25) is 14.5 Å². The number of halogens is 3. The van der Waals surface area contributed by atoms with Crippen LogP contribution >= 0.6 is 46.6 Å². The Hall–Kier alpha value is -4.23. The van der Waals surface area contributed by atoms with Gasteiger partial charge in [0, 0.05) is 77.3 Å². The van der Waals surface area contributed by atoms with E-state index >= 15 is 0 Å². The number of terminal acetylenes is 1. The highest BCUT2D eigenvalue weighted by atomic mass is 35.5. The monoisotopic (exact) mass is 1010 g/mol. The summed E-state index contributed by atoms with van der Waals surface area (Å²) in [6.07, 6.45) is 27.2. The van der Waals surface area contributed by atoms with Crippen LogP contribution in [0, 0.1) is 12.3 Å². The number of hydrogen-bond donors (Lipinski definition) is 1. The Kier molecular flexibility index (Phi) is 23.6. The number of thioether (sulfide) groups is 1. The standard InChI is InChI=1S/C58H72Cl3N3O4S/c1-6-36-62(37-20-41-68-53-34-32-47(59)43-50(53)60)38-21-42-69-56(67)29-12-10-18-40-64-52-27-16-14-25-49(52)58(4,5)54(64)35-31-46-24-19-23-45(57(46)61)30-33-48(8-3)63(39-17-9-11-28-55(65)66)51-26-15-13-22-44(51)7-2/h1,13-16,22,25-27,30-35,43H,7-12,17-21,23-24,28-29,36-42H2,2-5H3/p+1. The Bertz CT molecular complexity index is 2400. The molecule has 0 saturated carbocycles. The van der Waals surface area contributed by atoms with E-state index in [0.717, 1.165) is 125 Å². The number of allylic oxidation sites excluding steroid dienone is 8. The van der Waals surface area contributed by atoms with E-state index in [4.69, 9.17) is 51.1 Å². The van der Waals surface area contributed by atoms with Gasteiger partial charge in [-0.15, -0.1) is 6.42 Å². The van der Waals surface area contributed by atoms with Gasteiger partial charge >= 0.3 is 5.97 Å². The Labute approximate surface area is 432 Å². The van der Waals surface area contributed by atoms with Crippen molar-refractivity contribution in [2.45, 2.75) is 129 Å². The molecular weight excluding hydrogens is 941 g/mol. The molecule has 69 heavy (non-hydrogen) atoms. The second-order valence-electron chi connectivity index (χ2n) is 18.4. The predicted octanol–water partition coefficient (Wildman–Crippen LogP) is 15.2. The smallest absolute Gasteiger partial charge is 0.303 e. The number of ether oxygens (including phenoxy) is 1. The summed E-state index contributed by atoms with van der Waals surface area (Å²) in [5.74, 6) is 3.43. The Morgan fingerprint density at radius 1 is 0.884 bits per heavy atom. The van der Waals surface area contributed by atoms with E-state index in [9.17, 15) is 9.59 Å². The molecule has 0 spiro atoms. The lowest BCUT2D eigenvalue weighted by Gasteiger charge is -2.29. The first-order chi connectivity index (χ1) is 33.4. The molecular formula is C58H73Cl3N3O4S+. The summed E-state index contributed by atoms with van der Waals surface area (Å²) < 4.78 is 8.32. The van der Waals surface area contributed by atoms with Gasteiger partial charge in [0.05, 0.1) is 23.6 Å². The molecule has 3 aromatic rings. The quantitative estimate of drug-likeness (QED) is 0.0422. The van der Waals surface area contributed by atoms with Crippen molar-refractivity contribution in [1.29, 1.82) is 0 Å². The second-order valence-corrected chi connectivity index (χ2v) is 20.8. The molecule has 1 aliphatic heterocycles. The largest absolute Gasteiger partial charge is 0.492 e. The number of anilines is 1. The number of nitrogens with zero attached hydrogens (tertiary/aromatic N) is 3. The molecule has 0 fully saturated rings. The third kappa shape index (κ3) is 17.0. The highest BCUT2D eigenvalue weighted by molar-refractivity contribution is 8.13. The highest BCUT2D eigenvalue weighted by Gasteiger charge is 2.44. The van der Waals surface area contributed by atoms with Crippen LogP contribution in [-0.2, 0) is 21.4 Å². The first kappa shape index (κ1) is 55.7. The van der Waals surface area contributed by atoms with Gasteiger partial charge < -0.3 is 14.7 Å². The summed E-state index contributed by atoms with van der Waals surface area (Å²) in [5.41, 5.74) is 9.73. The van der Waals surface area contributed by atoms with Crippen LogP contribution in [0.3, 0.4) is 0 Å². The van der Waals surface area contributed by atoms with Gasteiger partial charge in [0.2, 0.25) is 5.69 Å². The summed E-state index contributed by atoms with van der Waals surface area (Å²) in [6, 6.07) is 22.6. The molecule has 0 atom stereocenters. The molecule has 0 amide bonds. The van der Waals surface area contributed by atoms with Crippen molar-refractivity contribution in [3.8, 4) is 18.1 Å². The number of unbranched alkanes of at least 4 members (excludes halogenated alkanes) is 4. The van der Waals surface area contributed by atoms with Crippen molar-refractivity contribution >= 4 is 74.7 Å². The fraction of sp³-hybridized carbons (Fsp3) is 0.466. The number of carbonyl (C=O) groups excluding carboxylic acids is 1. The predicted molar refractivity (Wildman–Crippen MR) is 293 cm³/mol. The number of carboxylic acid groups (broad SMARTS) is 1. The molecule has 11 heteroatoms. The first-order valence-corrected chi connectivity index (χ1v) is 27.2. The zero-order chi connectivity index (χ0) is 49.6. The van der Waals surface area contributed by atoms with Gasteiger partial charge in [-0.2, -0.15) is 4.58 Å². The van der Waals surface area contributed by atoms with Gasteiger partial charge in [-0.05, 0) is 138 Å². The molecule has 0 unspecified atom stereocenters. The zero-order valence-corrected chi connectivity index (χ0v) is 44.4. The van der Waals surface area contributed by atoms with Crippen molar-refractivity contribution in [1.82, 2.24) is 4.90 Å². The van der Waals surface area contributed by atoms with Gasteiger partial charge in [0.25, 0.3) is 0 Å². The summed E-state index contributed by atoms with van der Waals surface area (Å²) in [5, 5.41) is 11.3. The average molecular weight is 1010 g/mol. The van der Waals surface area contributed by atoms with E-state index in [1.807, 2.05) is 0 Å². The molecule has 5 rings (SSSR count). The van der Waals surface area contributed by atoms with Crippen LogP contribution < -0.4 is 9.64 Å². The summed E-state index contributed by atoms with van der Waals surface area (Å²) in [7, 11) is 0. The lowest BCUT2D eigenvalue weighted by molar-refractivity contribution is -0.438. The third-order valence-corrected chi connectivity index (χ3v) is 15.1. The van der Waals surface area contributed by atoms with Crippen molar-refractivity contribution in [2.24, 2.45) is 0 Å². The fourth-order valence-electron chi connectivity index (χ4n) is 9.30. The number of benzene rings is 3. The molecule has 370 valence electrons. The topological polar surface area (TPSA) is 73.1 Å². The van der Waals surface area contributed by atoms with Gasteiger partial charge in [-0.25, -0.2) is 0 Å². The molecule has 0 aromatic heterocycles. The van der Waals surface area contributed by atoms with Crippen LogP contribution in [0.1, 0.15) is 129 Å². The number of carboxylic acids is 1. The molecule has 3 aromatic carbocycles. The number of aryl methyl sites for hydroxylation is 1. The Morgan fingerprint density at radius 3 is 2.41 bits per heavy atom. The van der Waals surface area contributed by atoms with Crippen LogP contribution in [-0.4, -0.2) is 76.5 Å². The second kappa shape index (κ2) is 29.2. The molecule has 1 N–H and O–H groups in total. The van der Waals surface area contributed by atoms with E-state index in [1.54, 1.807) is 18.2 Å². The van der Waals surface area contributed by atoms with Crippen LogP contribution in [0.15, 0.2) is 113 Å². The van der Waals surface area contributed by atoms with Crippen LogP contribution in [0.5, 0.6) is 5.75 Å². The van der Waals surface area contributed by atoms with Crippen molar-refractivity contribution in [3.05, 3.63) is 134 Å². The van der Waals surface area contributed by atoms with Crippen molar-refractivity contribution in [3.63, 3.8) is 0 Å². The molecule has 0 bridgehead atoms. The Balaban J connectivity index is 1.17. The van der Waals surface area contributed by atoms with Crippen LogP contribution in [0.4, 0.5) is 11.4 Å². The zero-order valence-electron chi connectivity index (χ0n) is 41.3. The lowest BCUT2D eigenvalue weighted by atomic mass is 9.81. The van der Waals surface area contributed by atoms with Gasteiger partial charge in [0.1, 0.15) is 12.3 Å². The SMILES string of the molecule is C#CCN(CCCOc1ccc(Cl)cc1Cl)CCCSC(=O)CCCCC[N+]1=C(C=CC2=C(Cl)C(=CC=C(CC)N(CCCCCC(=O)O)c3ccccc3CC)CCC2)C(C)(C)c2ccccc21. The number of carbonyl (C=O) groups is 2. The minimum atomic E-state index is -0.734. The number of hydrogen-bond acceptors (Lipinski definition) is 6. The van der Waals surface area contributed by atoms with E-state index in [0.29, 0.717) is 41.8 Å². The van der Waals surface area contributed by atoms with Gasteiger partial charge in [0.15, 0.2) is 10.8 Å². The van der Waals surface area contributed by atoms with Crippen LogP contribution in [0.2, 0.25) is 10.0 Å². The third-order valence-electron chi connectivity index (χ3n) is 13.0.